The summed E-state index contributed by atoms with van der Waals surface area (Å²) in [4.78, 5) is 19.1. The molecule has 1 fully saturated rings. The Labute approximate surface area is 133 Å². The van der Waals surface area contributed by atoms with Crippen LogP contribution in [0.5, 0.6) is 0 Å². The van der Waals surface area contributed by atoms with Crippen molar-refractivity contribution < 1.29 is 4.79 Å². The van der Waals surface area contributed by atoms with E-state index in [0.29, 0.717) is 23.7 Å². The zero-order valence-corrected chi connectivity index (χ0v) is 12.9. The van der Waals surface area contributed by atoms with Crippen molar-refractivity contribution in [3.63, 3.8) is 0 Å². The van der Waals surface area contributed by atoms with Gasteiger partial charge in [0.05, 0.1) is 12.4 Å². The van der Waals surface area contributed by atoms with E-state index in [1.807, 2.05) is 11.1 Å². The molecular weight excluding hydrogens is 292 g/mol. The molecule has 3 aromatic heterocycles. The van der Waals surface area contributed by atoms with Gasteiger partial charge in [0.2, 0.25) is 0 Å². The van der Waals surface area contributed by atoms with E-state index in [4.69, 9.17) is 0 Å². The molecule has 0 bridgehead atoms. The molecule has 0 aromatic carbocycles. The standard InChI is InChI=1S/C16H18N6O/c1-11-8-18-20-14(11)12-4-2-6-21(10-12)16(23)13-9-19-22-7-3-5-17-15(13)22/h3,5,7-9,12H,2,4,6,10H2,1H3,(H,18,20). The van der Waals surface area contributed by atoms with E-state index in [2.05, 4.69) is 27.2 Å². The van der Waals surface area contributed by atoms with Crippen LogP contribution in [0, 0.1) is 6.92 Å². The third kappa shape index (κ3) is 2.38. The normalized spacial score (nSPS) is 18.5. The molecule has 7 heteroatoms. The van der Waals surface area contributed by atoms with Crippen LogP contribution >= 0.6 is 0 Å². The molecule has 118 valence electrons. The third-order valence-electron chi connectivity index (χ3n) is 4.49. The van der Waals surface area contributed by atoms with Gasteiger partial charge in [0, 0.05) is 37.1 Å². The quantitative estimate of drug-likeness (QED) is 0.782. The highest BCUT2D eigenvalue weighted by Gasteiger charge is 2.28. The molecule has 0 radical (unpaired) electrons. The Kier molecular flexibility index (Phi) is 3.33. The van der Waals surface area contributed by atoms with Crippen LogP contribution < -0.4 is 0 Å². The summed E-state index contributed by atoms with van der Waals surface area (Å²) < 4.78 is 1.63. The fourth-order valence-corrected chi connectivity index (χ4v) is 3.32. The maximum absolute atomic E-state index is 12.9. The lowest BCUT2D eigenvalue weighted by Crippen LogP contribution is -2.39. The molecule has 1 atom stereocenters. The number of H-pyrrole nitrogens is 1. The van der Waals surface area contributed by atoms with E-state index in [1.54, 1.807) is 29.2 Å². The van der Waals surface area contributed by atoms with Crippen molar-refractivity contribution in [3.05, 3.63) is 47.7 Å². The zero-order valence-electron chi connectivity index (χ0n) is 12.9. The first-order chi connectivity index (χ1) is 11.2. The van der Waals surface area contributed by atoms with Crippen molar-refractivity contribution >= 4 is 11.6 Å². The lowest BCUT2D eigenvalue weighted by atomic mass is 9.92. The number of likely N-dealkylation sites (tertiary alicyclic amines) is 1. The summed E-state index contributed by atoms with van der Waals surface area (Å²) in [6, 6.07) is 1.80. The van der Waals surface area contributed by atoms with Crippen LogP contribution in [0.1, 0.15) is 40.4 Å². The average molecular weight is 310 g/mol. The molecule has 1 N–H and O–H groups in total. The number of fused-ring (bicyclic) bond motifs is 1. The van der Waals surface area contributed by atoms with E-state index in [1.165, 1.54) is 0 Å². The first-order valence-electron chi connectivity index (χ1n) is 7.81. The minimum atomic E-state index is 0.000526. The number of hydrogen-bond acceptors (Lipinski definition) is 4. The van der Waals surface area contributed by atoms with E-state index >= 15 is 0 Å². The molecule has 4 rings (SSSR count). The minimum absolute atomic E-state index is 0.000526. The van der Waals surface area contributed by atoms with Gasteiger partial charge in [0.25, 0.3) is 5.91 Å². The van der Waals surface area contributed by atoms with Crippen LogP contribution in [-0.2, 0) is 0 Å². The van der Waals surface area contributed by atoms with Crippen LogP contribution in [0.2, 0.25) is 0 Å². The highest BCUT2D eigenvalue weighted by Crippen LogP contribution is 2.28. The molecule has 4 heterocycles. The summed E-state index contributed by atoms with van der Waals surface area (Å²) >= 11 is 0. The molecule has 0 spiro atoms. The number of hydrogen-bond donors (Lipinski definition) is 1. The molecule has 1 saturated heterocycles. The number of carbonyl (C=O) groups excluding carboxylic acids is 1. The van der Waals surface area contributed by atoms with Crippen LogP contribution in [0.25, 0.3) is 5.65 Å². The maximum atomic E-state index is 12.9. The van der Waals surface area contributed by atoms with Gasteiger partial charge in [-0.25, -0.2) is 9.50 Å². The molecule has 3 aromatic rings. The van der Waals surface area contributed by atoms with Crippen LogP contribution in [0.15, 0.2) is 30.9 Å². The number of piperidine rings is 1. The summed E-state index contributed by atoms with van der Waals surface area (Å²) in [7, 11) is 0. The largest absolute Gasteiger partial charge is 0.338 e. The minimum Gasteiger partial charge on any atom is -0.338 e. The number of carbonyl (C=O) groups is 1. The second-order valence-electron chi connectivity index (χ2n) is 6.00. The Morgan fingerprint density at radius 3 is 3.13 bits per heavy atom. The Balaban J connectivity index is 1.60. The fraction of sp³-hybridized carbons (Fsp3) is 0.375. The number of nitrogens with one attached hydrogen (secondary N) is 1. The van der Waals surface area contributed by atoms with Gasteiger partial charge in [-0.2, -0.15) is 10.2 Å². The highest BCUT2D eigenvalue weighted by atomic mass is 16.2. The number of aromatic amines is 1. The predicted octanol–water partition coefficient (Wildman–Crippen LogP) is 1.78. The summed E-state index contributed by atoms with van der Waals surface area (Å²) in [5.41, 5.74) is 3.47. The number of aromatic nitrogens is 5. The van der Waals surface area contributed by atoms with Crippen molar-refractivity contribution in [3.8, 4) is 0 Å². The number of rotatable bonds is 2. The van der Waals surface area contributed by atoms with Crippen LogP contribution in [-0.4, -0.2) is 48.7 Å². The zero-order chi connectivity index (χ0) is 15.8. The second-order valence-corrected chi connectivity index (χ2v) is 6.00. The van der Waals surface area contributed by atoms with E-state index in [9.17, 15) is 4.79 Å². The van der Waals surface area contributed by atoms with Gasteiger partial charge in [-0.05, 0) is 31.4 Å². The second kappa shape index (κ2) is 5.49. The van der Waals surface area contributed by atoms with E-state index in [0.717, 1.165) is 30.6 Å². The first kappa shape index (κ1) is 13.9. The van der Waals surface area contributed by atoms with Crippen molar-refractivity contribution in [2.45, 2.75) is 25.7 Å². The molecule has 0 aliphatic carbocycles. The molecule has 23 heavy (non-hydrogen) atoms. The topological polar surface area (TPSA) is 79.2 Å². The maximum Gasteiger partial charge on any atom is 0.259 e. The van der Waals surface area contributed by atoms with Crippen LogP contribution in [0.4, 0.5) is 0 Å². The Hall–Kier alpha value is -2.70. The van der Waals surface area contributed by atoms with Crippen LogP contribution in [0.3, 0.4) is 0 Å². The number of nitrogens with zero attached hydrogens (tertiary/aromatic N) is 5. The van der Waals surface area contributed by atoms with Crippen molar-refractivity contribution in [1.29, 1.82) is 0 Å². The lowest BCUT2D eigenvalue weighted by molar-refractivity contribution is 0.0707. The SMILES string of the molecule is Cc1cn[nH]c1C1CCCN(C(=O)c2cnn3cccnc23)C1. The highest BCUT2D eigenvalue weighted by molar-refractivity contribution is 5.99. The summed E-state index contributed by atoms with van der Waals surface area (Å²) in [5, 5.41) is 11.4. The molecule has 1 amide bonds. The monoisotopic (exact) mass is 310 g/mol. The Morgan fingerprint density at radius 2 is 2.30 bits per heavy atom. The van der Waals surface area contributed by atoms with Gasteiger partial charge >= 0.3 is 0 Å². The lowest BCUT2D eigenvalue weighted by Gasteiger charge is -2.32. The molecule has 0 saturated carbocycles. The van der Waals surface area contributed by atoms with Crippen molar-refractivity contribution in [2.75, 3.05) is 13.1 Å². The van der Waals surface area contributed by atoms with Gasteiger partial charge in [-0.3, -0.25) is 9.89 Å². The number of aryl methyl sites for hydroxylation is 1. The molecule has 7 nitrogen and oxygen atoms in total. The van der Waals surface area contributed by atoms with Gasteiger partial charge < -0.3 is 4.90 Å². The Bertz CT molecular complexity index is 851. The molecular formula is C16H18N6O. The fourth-order valence-electron chi connectivity index (χ4n) is 3.32. The van der Waals surface area contributed by atoms with Gasteiger partial charge in [0.15, 0.2) is 5.65 Å². The smallest absolute Gasteiger partial charge is 0.259 e. The van der Waals surface area contributed by atoms with Gasteiger partial charge in [0.1, 0.15) is 5.56 Å². The third-order valence-corrected chi connectivity index (χ3v) is 4.49. The summed E-state index contributed by atoms with van der Waals surface area (Å²) in [6.45, 7) is 3.52. The average Bonchev–Trinajstić information content (AvgIpc) is 3.20. The van der Waals surface area contributed by atoms with Gasteiger partial charge in [-0.15, -0.1) is 0 Å². The predicted molar refractivity (Wildman–Crippen MR) is 84.2 cm³/mol. The summed E-state index contributed by atoms with van der Waals surface area (Å²) in [5.74, 6) is 0.311. The first-order valence-corrected chi connectivity index (χ1v) is 7.81. The van der Waals surface area contributed by atoms with E-state index in [-0.39, 0.29) is 5.91 Å². The van der Waals surface area contributed by atoms with E-state index < -0.39 is 0 Å². The van der Waals surface area contributed by atoms with Gasteiger partial charge in [-0.1, -0.05) is 0 Å². The van der Waals surface area contributed by atoms with Crippen molar-refractivity contribution in [2.24, 2.45) is 0 Å². The Morgan fingerprint density at radius 1 is 1.39 bits per heavy atom. The molecule has 1 unspecified atom stereocenters. The summed E-state index contributed by atoms with van der Waals surface area (Å²) in [6.07, 6.45) is 8.98. The number of amides is 1. The molecule has 1 aliphatic rings. The molecule has 1 aliphatic heterocycles. The van der Waals surface area contributed by atoms with Crippen molar-refractivity contribution in [1.82, 2.24) is 29.7 Å².